The van der Waals surface area contributed by atoms with Gasteiger partial charge in [0.2, 0.25) is 0 Å². The third-order valence-corrected chi connectivity index (χ3v) is 6.72. The van der Waals surface area contributed by atoms with E-state index in [0.717, 1.165) is 17.0 Å². The van der Waals surface area contributed by atoms with Crippen LogP contribution in [0.4, 0.5) is 43.4 Å². The van der Waals surface area contributed by atoms with Crippen LogP contribution in [-0.4, -0.2) is 65.2 Å². The van der Waals surface area contributed by atoms with Crippen LogP contribution in [0.3, 0.4) is 0 Å². The quantitative estimate of drug-likeness (QED) is 0.300. The number of nitro groups is 1. The summed E-state index contributed by atoms with van der Waals surface area (Å²) in [5.41, 5.74) is -1.51. The number of amides is 1. The summed E-state index contributed by atoms with van der Waals surface area (Å²) >= 11 is 0. The number of piperazine rings is 1. The van der Waals surface area contributed by atoms with Gasteiger partial charge in [-0.25, -0.2) is 0 Å². The normalized spacial score (nSPS) is 20.5. The zero-order valence-corrected chi connectivity index (χ0v) is 20.5. The Bertz CT molecular complexity index is 1190. The summed E-state index contributed by atoms with van der Waals surface area (Å²) in [4.78, 5) is 28.1. The number of carbonyl (C=O) groups excluding carboxylic acids is 1. The van der Waals surface area contributed by atoms with Gasteiger partial charge in [0.15, 0.2) is 0 Å². The second-order valence-corrected chi connectivity index (χ2v) is 9.38. The maximum atomic E-state index is 13.3. The molecule has 4 rings (SSSR count). The largest absolute Gasteiger partial charge is 0.489 e. The Morgan fingerprint density at radius 2 is 1.67 bits per heavy atom. The summed E-state index contributed by atoms with van der Waals surface area (Å²) in [6.45, 7) is 0.282. The van der Waals surface area contributed by atoms with E-state index in [1.165, 1.54) is 12.3 Å². The number of aromatic nitrogens is 1. The minimum atomic E-state index is -4.90. The molecule has 2 heterocycles. The molecule has 1 aromatic heterocycles. The van der Waals surface area contributed by atoms with E-state index in [1.807, 2.05) is 4.90 Å². The monoisotopic (exact) mass is 561 g/mol. The van der Waals surface area contributed by atoms with E-state index in [2.05, 4.69) is 10.3 Å². The molecule has 0 radical (unpaired) electrons. The average molecular weight is 561 g/mol. The molecule has 212 valence electrons. The molecule has 2 aromatic rings. The number of carbonyl (C=O) groups is 1. The van der Waals surface area contributed by atoms with Crippen molar-refractivity contribution in [2.24, 2.45) is 0 Å². The molecule has 15 heteroatoms. The molecule has 39 heavy (non-hydrogen) atoms. The molecule has 2 aliphatic rings. The van der Waals surface area contributed by atoms with Crippen molar-refractivity contribution >= 4 is 23.0 Å². The van der Waals surface area contributed by atoms with Crippen molar-refractivity contribution in [3.05, 3.63) is 52.3 Å². The van der Waals surface area contributed by atoms with E-state index < -0.39 is 34.4 Å². The highest BCUT2D eigenvalue weighted by Gasteiger charge is 2.43. The second kappa shape index (κ2) is 11.1. The molecule has 0 bridgehead atoms. The van der Waals surface area contributed by atoms with Crippen LogP contribution in [0.2, 0.25) is 0 Å². The highest BCUT2D eigenvalue weighted by Crippen LogP contribution is 2.38. The van der Waals surface area contributed by atoms with Gasteiger partial charge in [-0.15, -0.1) is 0 Å². The maximum Gasteiger partial charge on any atom is 0.471 e. The summed E-state index contributed by atoms with van der Waals surface area (Å²) in [5, 5.41) is 14.0. The number of nitro benzene ring substituents is 1. The van der Waals surface area contributed by atoms with Gasteiger partial charge in [-0.1, -0.05) is 0 Å². The molecule has 1 saturated heterocycles. The first-order valence-corrected chi connectivity index (χ1v) is 12.2. The van der Waals surface area contributed by atoms with Crippen LogP contribution in [0, 0.1) is 10.1 Å². The van der Waals surface area contributed by atoms with E-state index in [4.69, 9.17) is 4.74 Å². The van der Waals surface area contributed by atoms with Crippen molar-refractivity contribution in [2.45, 2.75) is 50.2 Å². The Morgan fingerprint density at radius 3 is 2.26 bits per heavy atom. The number of anilines is 2. The van der Waals surface area contributed by atoms with Crippen LogP contribution in [-0.2, 0) is 11.0 Å². The van der Waals surface area contributed by atoms with E-state index in [0.29, 0.717) is 37.1 Å². The van der Waals surface area contributed by atoms with Crippen LogP contribution in [0.5, 0.6) is 5.75 Å². The van der Waals surface area contributed by atoms with Gasteiger partial charge in [0.1, 0.15) is 11.3 Å². The summed E-state index contributed by atoms with van der Waals surface area (Å²) in [6, 6.07) is 4.43. The molecular formula is C24H25F6N5O4. The first kappa shape index (κ1) is 28.2. The molecule has 1 aliphatic carbocycles. The molecule has 1 N–H and O–H groups in total. The molecule has 1 amide bonds. The van der Waals surface area contributed by atoms with Gasteiger partial charge in [0.25, 0.3) is 5.69 Å². The summed E-state index contributed by atoms with van der Waals surface area (Å²) in [6.07, 6.45) is -4.48. The van der Waals surface area contributed by atoms with E-state index in [9.17, 15) is 41.3 Å². The van der Waals surface area contributed by atoms with Crippen molar-refractivity contribution in [1.29, 1.82) is 0 Å². The smallest absolute Gasteiger partial charge is 0.471 e. The topological polar surface area (TPSA) is 101 Å². The molecule has 1 aromatic carbocycles. The van der Waals surface area contributed by atoms with Gasteiger partial charge in [-0.3, -0.25) is 19.9 Å². The van der Waals surface area contributed by atoms with E-state index >= 15 is 0 Å². The molecule has 2 fully saturated rings. The molecule has 0 spiro atoms. The summed E-state index contributed by atoms with van der Waals surface area (Å²) < 4.78 is 83.8. The lowest BCUT2D eigenvalue weighted by molar-refractivity contribution is -0.388. The van der Waals surface area contributed by atoms with Gasteiger partial charge >= 0.3 is 18.3 Å². The molecule has 0 unspecified atom stereocenters. The van der Waals surface area contributed by atoms with Gasteiger partial charge in [0.05, 0.1) is 29.1 Å². The fraction of sp³-hybridized carbons (Fsp3) is 0.500. The number of hydrogen-bond acceptors (Lipinski definition) is 7. The lowest BCUT2D eigenvalue weighted by Gasteiger charge is -2.36. The fourth-order valence-electron chi connectivity index (χ4n) is 4.76. The Hall–Kier alpha value is -3.78. The molecule has 0 atom stereocenters. The third kappa shape index (κ3) is 7.00. The fourth-order valence-corrected chi connectivity index (χ4v) is 4.76. The van der Waals surface area contributed by atoms with Crippen molar-refractivity contribution in [3.8, 4) is 5.75 Å². The predicted octanol–water partition coefficient (Wildman–Crippen LogP) is 5.02. The molecule has 9 nitrogen and oxygen atoms in total. The van der Waals surface area contributed by atoms with Crippen LogP contribution >= 0.6 is 0 Å². The van der Waals surface area contributed by atoms with Gasteiger partial charge in [-0.05, 0) is 37.8 Å². The third-order valence-electron chi connectivity index (χ3n) is 6.72. The van der Waals surface area contributed by atoms with Gasteiger partial charge in [0, 0.05) is 50.0 Å². The minimum absolute atomic E-state index is 0.0698. The maximum absolute atomic E-state index is 13.3. The summed E-state index contributed by atoms with van der Waals surface area (Å²) in [7, 11) is 0. The SMILES string of the molecule is O=C(N1CCN(c2cncc(O[C@H]3CC[C@H](Nc4ccc([N+](=O)[O-])c(C(F)(F)F)c4)CC3)c2)CC1)C(F)(F)F. The zero-order chi connectivity index (χ0) is 28.4. The minimum Gasteiger partial charge on any atom is -0.489 e. The number of nitrogens with one attached hydrogen (secondary N) is 1. The number of benzene rings is 1. The number of rotatable bonds is 6. The Kier molecular flexibility index (Phi) is 8.07. The molecule has 1 aliphatic heterocycles. The Labute approximate surface area is 218 Å². The lowest BCUT2D eigenvalue weighted by Crippen LogP contribution is -2.52. The number of hydrogen-bond donors (Lipinski definition) is 1. The number of halogens is 6. The van der Waals surface area contributed by atoms with Gasteiger partial charge in [-0.2, -0.15) is 26.3 Å². The Balaban J connectivity index is 1.29. The van der Waals surface area contributed by atoms with E-state index in [-0.39, 0.29) is 44.0 Å². The predicted molar refractivity (Wildman–Crippen MR) is 127 cm³/mol. The number of alkyl halides is 6. The average Bonchev–Trinajstić information content (AvgIpc) is 2.88. The Morgan fingerprint density at radius 1 is 1.00 bits per heavy atom. The van der Waals surface area contributed by atoms with Crippen molar-refractivity contribution < 1.29 is 40.8 Å². The highest BCUT2D eigenvalue weighted by atomic mass is 19.4. The van der Waals surface area contributed by atoms with Crippen molar-refractivity contribution in [2.75, 3.05) is 36.4 Å². The first-order valence-electron chi connectivity index (χ1n) is 12.2. The van der Waals surface area contributed by atoms with Crippen LogP contribution in [0.1, 0.15) is 31.2 Å². The van der Waals surface area contributed by atoms with Crippen LogP contribution < -0.4 is 15.0 Å². The highest BCUT2D eigenvalue weighted by molar-refractivity contribution is 5.82. The summed E-state index contributed by atoms with van der Waals surface area (Å²) in [5.74, 6) is -1.38. The lowest BCUT2D eigenvalue weighted by atomic mass is 9.92. The number of ether oxygens (including phenoxy) is 1. The molecular weight excluding hydrogens is 536 g/mol. The molecule has 1 saturated carbocycles. The number of pyridine rings is 1. The zero-order valence-electron chi connectivity index (χ0n) is 20.5. The van der Waals surface area contributed by atoms with Crippen LogP contribution in [0.25, 0.3) is 0 Å². The van der Waals surface area contributed by atoms with Crippen molar-refractivity contribution in [3.63, 3.8) is 0 Å². The van der Waals surface area contributed by atoms with E-state index in [1.54, 1.807) is 12.3 Å². The second-order valence-electron chi connectivity index (χ2n) is 9.38. The van der Waals surface area contributed by atoms with Crippen molar-refractivity contribution in [1.82, 2.24) is 9.88 Å². The van der Waals surface area contributed by atoms with Crippen LogP contribution in [0.15, 0.2) is 36.7 Å². The standard InChI is InChI=1S/C24H25F6N5O4/c25-23(26,27)20-11-16(3-6-21(20)35(37)38)32-15-1-4-18(5-2-15)39-19-12-17(13-31-14-19)33-7-9-34(10-8-33)22(36)24(28,29)30/h3,6,11-15,18,32H,1-2,4-5,7-10H2/t15-,18-. The van der Waals surface area contributed by atoms with Gasteiger partial charge < -0.3 is 19.9 Å². The first-order chi connectivity index (χ1) is 18.3. The number of nitrogens with zero attached hydrogens (tertiary/aromatic N) is 4.